The number of nitrogens with two attached hydrogens (primary N) is 1. The lowest BCUT2D eigenvalue weighted by Crippen LogP contribution is -2.38. The smallest absolute Gasteiger partial charge is 0.220 e. The highest BCUT2D eigenvalue weighted by Crippen LogP contribution is 2.30. The Kier molecular flexibility index (Phi) is 2.91. The van der Waals surface area contributed by atoms with Crippen molar-refractivity contribution in [2.45, 2.75) is 12.8 Å². The molecule has 0 aliphatic carbocycles. The highest BCUT2D eigenvalue weighted by atomic mass is 32.1. The number of piperidine rings is 1. The zero-order valence-electron chi connectivity index (χ0n) is 10.0. The van der Waals surface area contributed by atoms with Gasteiger partial charge in [0.05, 0.1) is 0 Å². The molecule has 0 radical (unpaired) electrons. The minimum Gasteiger partial charge on any atom is -0.369 e. The molecule has 18 heavy (non-hydrogen) atoms. The van der Waals surface area contributed by atoms with E-state index in [1.165, 1.54) is 10.1 Å². The summed E-state index contributed by atoms with van der Waals surface area (Å²) >= 11 is 1.73. The average molecular weight is 261 g/mol. The molecule has 0 bridgehead atoms. The molecule has 2 aromatic heterocycles. The first-order valence-electron chi connectivity index (χ1n) is 6.12. The van der Waals surface area contributed by atoms with Gasteiger partial charge in [0.15, 0.2) is 0 Å². The van der Waals surface area contributed by atoms with E-state index < -0.39 is 0 Å². The molecule has 5 heteroatoms. The molecule has 0 spiro atoms. The van der Waals surface area contributed by atoms with Crippen molar-refractivity contribution in [1.82, 2.24) is 4.98 Å². The van der Waals surface area contributed by atoms with Crippen LogP contribution in [0.25, 0.3) is 10.1 Å². The lowest BCUT2D eigenvalue weighted by Gasteiger charge is -2.31. The standard InChI is InChI=1S/C13H15N3OS/c14-12(17)9-2-6-16(7-3-9)13-10-4-8-18-11(10)1-5-15-13/h1,4-5,8-9H,2-3,6-7H2,(H2,14,17). The quantitative estimate of drug-likeness (QED) is 0.899. The van der Waals surface area contributed by atoms with Gasteiger partial charge < -0.3 is 10.6 Å². The van der Waals surface area contributed by atoms with Gasteiger partial charge in [0.25, 0.3) is 0 Å². The van der Waals surface area contributed by atoms with Crippen molar-refractivity contribution in [2.24, 2.45) is 11.7 Å². The molecule has 0 saturated carbocycles. The predicted molar refractivity (Wildman–Crippen MR) is 73.8 cm³/mol. The van der Waals surface area contributed by atoms with Gasteiger partial charge in [-0.25, -0.2) is 4.98 Å². The number of carbonyl (C=O) groups is 1. The monoisotopic (exact) mass is 261 g/mol. The van der Waals surface area contributed by atoms with Crippen LogP contribution in [0.15, 0.2) is 23.7 Å². The summed E-state index contributed by atoms with van der Waals surface area (Å²) in [6.07, 6.45) is 3.52. The maximum Gasteiger partial charge on any atom is 0.220 e. The second-order valence-corrected chi connectivity index (χ2v) is 5.58. The summed E-state index contributed by atoms with van der Waals surface area (Å²) in [7, 11) is 0. The number of rotatable bonds is 2. The van der Waals surface area contributed by atoms with Crippen molar-refractivity contribution in [3.8, 4) is 0 Å². The highest BCUT2D eigenvalue weighted by Gasteiger charge is 2.24. The van der Waals surface area contributed by atoms with Gasteiger partial charge >= 0.3 is 0 Å². The first-order chi connectivity index (χ1) is 8.75. The zero-order chi connectivity index (χ0) is 12.5. The van der Waals surface area contributed by atoms with E-state index in [2.05, 4.69) is 21.3 Å². The van der Waals surface area contributed by atoms with Crippen molar-refractivity contribution in [1.29, 1.82) is 0 Å². The first-order valence-corrected chi connectivity index (χ1v) is 7.00. The highest BCUT2D eigenvalue weighted by molar-refractivity contribution is 7.17. The van der Waals surface area contributed by atoms with E-state index in [1.54, 1.807) is 11.3 Å². The second kappa shape index (κ2) is 4.57. The van der Waals surface area contributed by atoms with Gasteiger partial charge in [-0.15, -0.1) is 11.3 Å². The van der Waals surface area contributed by atoms with E-state index in [9.17, 15) is 4.79 Å². The molecule has 0 atom stereocenters. The summed E-state index contributed by atoms with van der Waals surface area (Å²) in [5.74, 6) is 0.899. The number of fused-ring (bicyclic) bond motifs is 1. The Morgan fingerprint density at radius 2 is 2.17 bits per heavy atom. The summed E-state index contributed by atoms with van der Waals surface area (Å²) in [4.78, 5) is 17.9. The van der Waals surface area contributed by atoms with Crippen molar-refractivity contribution in [3.05, 3.63) is 23.7 Å². The number of hydrogen-bond acceptors (Lipinski definition) is 4. The third kappa shape index (κ3) is 1.95. The summed E-state index contributed by atoms with van der Waals surface area (Å²) in [6, 6.07) is 4.15. The van der Waals surface area contributed by atoms with Crippen LogP contribution >= 0.6 is 11.3 Å². The Bertz CT molecular complexity index is 572. The molecule has 1 amide bonds. The lowest BCUT2D eigenvalue weighted by molar-refractivity contribution is -0.122. The topological polar surface area (TPSA) is 59.2 Å². The molecule has 4 nitrogen and oxygen atoms in total. The molecular weight excluding hydrogens is 246 g/mol. The van der Waals surface area contributed by atoms with Gasteiger partial charge in [-0.05, 0) is 30.4 Å². The number of amides is 1. The minimum atomic E-state index is -0.170. The first kappa shape index (κ1) is 11.5. The van der Waals surface area contributed by atoms with Gasteiger partial charge in [-0.3, -0.25) is 4.79 Å². The summed E-state index contributed by atoms with van der Waals surface area (Å²) in [5.41, 5.74) is 5.35. The summed E-state index contributed by atoms with van der Waals surface area (Å²) in [5, 5.41) is 3.30. The average Bonchev–Trinajstić information content (AvgIpc) is 2.87. The molecule has 3 rings (SSSR count). The van der Waals surface area contributed by atoms with Crippen LogP contribution in [0.4, 0.5) is 5.82 Å². The van der Waals surface area contributed by atoms with Crippen molar-refractivity contribution >= 4 is 33.1 Å². The van der Waals surface area contributed by atoms with Gasteiger partial charge in [0.2, 0.25) is 5.91 Å². The molecule has 94 valence electrons. The Balaban J connectivity index is 1.84. The van der Waals surface area contributed by atoms with Gasteiger partial charge in [0.1, 0.15) is 5.82 Å². The number of aromatic nitrogens is 1. The maximum atomic E-state index is 11.2. The van der Waals surface area contributed by atoms with Crippen molar-refractivity contribution in [3.63, 3.8) is 0 Å². The molecule has 1 saturated heterocycles. The van der Waals surface area contributed by atoms with Crippen LogP contribution in [0.2, 0.25) is 0 Å². The Hall–Kier alpha value is -1.62. The fraction of sp³-hybridized carbons (Fsp3) is 0.385. The number of primary amides is 1. The fourth-order valence-electron chi connectivity index (χ4n) is 2.51. The largest absolute Gasteiger partial charge is 0.369 e. The van der Waals surface area contributed by atoms with E-state index >= 15 is 0 Å². The van der Waals surface area contributed by atoms with Crippen LogP contribution in [0.5, 0.6) is 0 Å². The number of nitrogens with zero attached hydrogens (tertiary/aromatic N) is 2. The van der Waals surface area contributed by atoms with Crippen LogP contribution in [-0.4, -0.2) is 24.0 Å². The normalized spacial score (nSPS) is 17.2. The van der Waals surface area contributed by atoms with Gasteiger partial charge in [0, 0.05) is 35.3 Å². The number of carbonyl (C=O) groups excluding carboxylic acids is 1. The Morgan fingerprint density at radius 1 is 1.39 bits per heavy atom. The van der Waals surface area contributed by atoms with E-state index in [4.69, 9.17) is 5.73 Å². The molecule has 3 heterocycles. The fourth-order valence-corrected chi connectivity index (χ4v) is 3.28. The zero-order valence-corrected chi connectivity index (χ0v) is 10.8. The Morgan fingerprint density at radius 3 is 2.89 bits per heavy atom. The van der Waals surface area contributed by atoms with Crippen molar-refractivity contribution < 1.29 is 4.79 Å². The maximum absolute atomic E-state index is 11.2. The van der Waals surface area contributed by atoms with E-state index in [0.29, 0.717) is 0 Å². The third-order valence-corrected chi connectivity index (χ3v) is 4.44. The van der Waals surface area contributed by atoms with Crippen LogP contribution < -0.4 is 10.6 Å². The molecule has 2 N–H and O–H groups in total. The Labute approximate surface area is 109 Å². The minimum absolute atomic E-state index is 0.0305. The van der Waals surface area contributed by atoms with Crippen molar-refractivity contribution in [2.75, 3.05) is 18.0 Å². The van der Waals surface area contributed by atoms with Crippen LogP contribution in [0.1, 0.15) is 12.8 Å². The van der Waals surface area contributed by atoms with E-state index in [-0.39, 0.29) is 11.8 Å². The molecule has 0 unspecified atom stereocenters. The lowest BCUT2D eigenvalue weighted by atomic mass is 9.96. The SMILES string of the molecule is NC(=O)C1CCN(c2nccc3sccc23)CC1. The molecule has 1 fully saturated rings. The van der Waals surface area contributed by atoms with Crippen LogP contribution in [0.3, 0.4) is 0 Å². The summed E-state index contributed by atoms with van der Waals surface area (Å²) < 4.78 is 1.26. The van der Waals surface area contributed by atoms with Gasteiger partial charge in [-0.1, -0.05) is 0 Å². The third-order valence-electron chi connectivity index (χ3n) is 3.56. The van der Waals surface area contributed by atoms with Gasteiger partial charge in [-0.2, -0.15) is 0 Å². The van der Waals surface area contributed by atoms with E-state index in [1.807, 2.05) is 12.3 Å². The molecule has 1 aliphatic rings. The van der Waals surface area contributed by atoms with E-state index in [0.717, 1.165) is 31.7 Å². The number of anilines is 1. The van der Waals surface area contributed by atoms with Crippen LogP contribution in [-0.2, 0) is 4.79 Å². The number of pyridine rings is 1. The molecule has 1 aliphatic heterocycles. The van der Waals surface area contributed by atoms with Crippen LogP contribution in [0, 0.1) is 5.92 Å². The predicted octanol–water partition coefficient (Wildman–Crippen LogP) is 2.00. The number of hydrogen-bond donors (Lipinski definition) is 1. The molecular formula is C13H15N3OS. The second-order valence-electron chi connectivity index (χ2n) is 4.63. The molecule has 2 aromatic rings. The summed E-state index contributed by atoms with van der Waals surface area (Å²) in [6.45, 7) is 1.71. The number of thiophene rings is 1. The molecule has 0 aromatic carbocycles.